The standard InChI is InChI=1S/C25H33N3O5S/c1-26(2)34(31,32)21-10-12-23-19(15-21)9-11-24(33-23)25(30)27(3)22(18-7-5-4-6-8-18)17-28-14-13-20(29)16-28/h4-8,10,12,15,20,22,24,29H,9,11,13-14,16-17H2,1-3H3/t20-,22+,24?/m0/s1. The molecule has 1 fully saturated rings. The molecule has 0 aliphatic carbocycles. The summed E-state index contributed by atoms with van der Waals surface area (Å²) in [5, 5.41) is 9.95. The molecule has 1 N–H and O–H groups in total. The zero-order valence-electron chi connectivity index (χ0n) is 19.9. The van der Waals surface area contributed by atoms with Gasteiger partial charge in [-0.05, 0) is 48.6 Å². The van der Waals surface area contributed by atoms with Crippen molar-refractivity contribution in [1.29, 1.82) is 0 Å². The molecule has 0 aromatic heterocycles. The molecule has 2 aromatic carbocycles. The summed E-state index contributed by atoms with van der Waals surface area (Å²) in [6.45, 7) is 2.05. The van der Waals surface area contributed by atoms with Crippen molar-refractivity contribution in [3.63, 3.8) is 0 Å². The van der Waals surface area contributed by atoms with Crippen molar-refractivity contribution < 1.29 is 23.1 Å². The van der Waals surface area contributed by atoms with Crippen molar-refractivity contribution in [3.05, 3.63) is 59.7 Å². The quantitative estimate of drug-likeness (QED) is 0.642. The van der Waals surface area contributed by atoms with Crippen molar-refractivity contribution in [2.45, 2.75) is 42.4 Å². The Labute approximate surface area is 201 Å². The average Bonchev–Trinajstić information content (AvgIpc) is 3.26. The zero-order valence-corrected chi connectivity index (χ0v) is 20.7. The van der Waals surface area contributed by atoms with Gasteiger partial charge in [-0.2, -0.15) is 0 Å². The fourth-order valence-corrected chi connectivity index (χ4v) is 5.59. The van der Waals surface area contributed by atoms with Gasteiger partial charge in [0.2, 0.25) is 10.0 Å². The van der Waals surface area contributed by atoms with Crippen LogP contribution in [0.5, 0.6) is 5.75 Å². The highest BCUT2D eigenvalue weighted by Crippen LogP contribution is 2.32. The highest BCUT2D eigenvalue weighted by atomic mass is 32.2. The van der Waals surface area contributed by atoms with Crippen LogP contribution in [-0.2, 0) is 21.2 Å². The third kappa shape index (κ3) is 5.12. The van der Waals surface area contributed by atoms with Gasteiger partial charge in [0, 0.05) is 40.8 Å². The van der Waals surface area contributed by atoms with E-state index in [4.69, 9.17) is 4.74 Å². The first-order valence-electron chi connectivity index (χ1n) is 11.6. The van der Waals surface area contributed by atoms with Gasteiger partial charge in [0.1, 0.15) is 5.75 Å². The van der Waals surface area contributed by atoms with E-state index in [1.165, 1.54) is 24.5 Å². The number of amides is 1. The van der Waals surface area contributed by atoms with Gasteiger partial charge in [0.25, 0.3) is 5.91 Å². The third-order valence-electron chi connectivity index (χ3n) is 6.71. The Kier molecular flexibility index (Phi) is 7.28. The number of benzene rings is 2. The topological polar surface area (TPSA) is 90.4 Å². The Hall–Kier alpha value is -2.46. The molecule has 4 rings (SSSR count). The summed E-state index contributed by atoms with van der Waals surface area (Å²) in [7, 11) is 1.28. The number of fused-ring (bicyclic) bond motifs is 1. The fraction of sp³-hybridized carbons (Fsp3) is 0.480. The van der Waals surface area contributed by atoms with E-state index in [9.17, 15) is 18.3 Å². The number of carbonyl (C=O) groups is 1. The molecular weight excluding hydrogens is 454 g/mol. The lowest BCUT2D eigenvalue weighted by Crippen LogP contribution is -2.46. The molecule has 2 heterocycles. The molecule has 0 radical (unpaired) electrons. The van der Waals surface area contributed by atoms with Crippen LogP contribution in [0.2, 0.25) is 0 Å². The maximum atomic E-state index is 13.5. The summed E-state index contributed by atoms with van der Waals surface area (Å²) in [6.07, 6.45) is 0.824. The predicted octanol–water partition coefficient (Wildman–Crippen LogP) is 1.90. The van der Waals surface area contributed by atoms with Crippen molar-refractivity contribution in [3.8, 4) is 5.75 Å². The van der Waals surface area contributed by atoms with E-state index in [2.05, 4.69) is 4.90 Å². The molecule has 3 atom stereocenters. The molecule has 0 spiro atoms. The van der Waals surface area contributed by atoms with E-state index in [0.29, 0.717) is 31.7 Å². The number of aliphatic hydroxyl groups excluding tert-OH is 1. The summed E-state index contributed by atoms with van der Waals surface area (Å²) in [5.41, 5.74) is 1.83. The number of aliphatic hydroxyl groups is 1. The van der Waals surface area contributed by atoms with E-state index >= 15 is 0 Å². The summed E-state index contributed by atoms with van der Waals surface area (Å²) >= 11 is 0. The van der Waals surface area contributed by atoms with Crippen LogP contribution in [0.4, 0.5) is 0 Å². The van der Waals surface area contributed by atoms with Crippen LogP contribution in [0.3, 0.4) is 0 Å². The number of carbonyl (C=O) groups excluding carboxylic acids is 1. The lowest BCUT2D eigenvalue weighted by molar-refractivity contribution is -0.140. The summed E-state index contributed by atoms with van der Waals surface area (Å²) in [6, 6.07) is 14.6. The number of likely N-dealkylation sites (N-methyl/N-ethyl adjacent to an activating group) is 1. The van der Waals surface area contributed by atoms with Gasteiger partial charge < -0.3 is 14.7 Å². The Morgan fingerprint density at radius 1 is 1.15 bits per heavy atom. The van der Waals surface area contributed by atoms with Gasteiger partial charge in [-0.3, -0.25) is 9.69 Å². The van der Waals surface area contributed by atoms with Crippen LogP contribution in [0.25, 0.3) is 0 Å². The summed E-state index contributed by atoms with van der Waals surface area (Å²) in [5.74, 6) is 0.443. The number of sulfonamides is 1. The molecule has 34 heavy (non-hydrogen) atoms. The Balaban J connectivity index is 1.51. The molecule has 0 bridgehead atoms. The largest absolute Gasteiger partial charge is 0.480 e. The van der Waals surface area contributed by atoms with E-state index in [1.807, 2.05) is 30.3 Å². The van der Waals surface area contributed by atoms with Crippen molar-refractivity contribution >= 4 is 15.9 Å². The van der Waals surface area contributed by atoms with E-state index < -0.39 is 16.1 Å². The smallest absolute Gasteiger partial charge is 0.263 e. The molecule has 0 saturated carbocycles. The molecule has 2 aliphatic rings. The maximum absolute atomic E-state index is 13.5. The fourth-order valence-electron chi connectivity index (χ4n) is 4.64. The first kappa shape index (κ1) is 24.7. The predicted molar refractivity (Wildman–Crippen MR) is 129 cm³/mol. The molecule has 8 nitrogen and oxygen atoms in total. The van der Waals surface area contributed by atoms with Gasteiger partial charge in [-0.25, -0.2) is 12.7 Å². The first-order chi connectivity index (χ1) is 16.2. The van der Waals surface area contributed by atoms with Crippen molar-refractivity contribution in [2.24, 2.45) is 0 Å². The van der Waals surface area contributed by atoms with E-state index in [0.717, 1.165) is 24.1 Å². The second kappa shape index (κ2) is 10.0. The number of hydrogen-bond acceptors (Lipinski definition) is 6. The monoisotopic (exact) mass is 487 g/mol. The lowest BCUT2D eigenvalue weighted by Gasteiger charge is -2.35. The lowest BCUT2D eigenvalue weighted by atomic mass is 10.00. The normalized spacial score (nSPS) is 21.7. The minimum absolute atomic E-state index is 0.107. The Bertz CT molecular complexity index is 1120. The molecular formula is C25H33N3O5S. The minimum atomic E-state index is -3.53. The van der Waals surface area contributed by atoms with Crippen LogP contribution >= 0.6 is 0 Å². The zero-order chi connectivity index (χ0) is 24.5. The van der Waals surface area contributed by atoms with Crippen LogP contribution in [0.15, 0.2) is 53.4 Å². The first-order valence-corrected chi connectivity index (χ1v) is 13.0. The van der Waals surface area contributed by atoms with Crippen molar-refractivity contribution in [1.82, 2.24) is 14.1 Å². The molecule has 184 valence electrons. The Morgan fingerprint density at radius 3 is 2.53 bits per heavy atom. The van der Waals surface area contributed by atoms with Crippen LogP contribution in [-0.4, -0.2) is 86.5 Å². The van der Waals surface area contributed by atoms with Gasteiger partial charge in [0.15, 0.2) is 6.10 Å². The number of nitrogens with zero attached hydrogens (tertiary/aromatic N) is 3. The molecule has 1 unspecified atom stereocenters. The molecule has 1 saturated heterocycles. The number of hydrogen-bond donors (Lipinski definition) is 1. The maximum Gasteiger partial charge on any atom is 0.263 e. The van der Waals surface area contributed by atoms with Gasteiger partial charge in [-0.1, -0.05) is 30.3 Å². The van der Waals surface area contributed by atoms with Crippen LogP contribution in [0, 0.1) is 0 Å². The average molecular weight is 488 g/mol. The van der Waals surface area contributed by atoms with Crippen LogP contribution < -0.4 is 4.74 Å². The van der Waals surface area contributed by atoms with E-state index in [1.54, 1.807) is 24.1 Å². The molecule has 2 aliphatic heterocycles. The van der Waals surface area contributed by atoms with Crippen molar-refractivity contribution in [2.75, 3.05) is 40.8 Å². The second-order valence-corrected chi connectivity index (χ2v) is 11.4. The van der Waals surface area contributed by atoms with Gasteiger partial charge in [0.05, 0.1) is 17.0 Å². The van der Waals surface area contributed by atoms with Crippen LogP contribution in [0.1, 0.15) is 30.0 Å². The molecule has 2 aromatic rings. The van der Waals surface area contributed by atoms with Gasteiger partial charge in [-0.15, -0.1) is 0 Å². The molecule has 9 heteroatoms. The Morgan fingerprint density at radius 2 is 1.88 bits per heavy atom. The third-order valence-corrected chi connectivity index (χ3v) is 8.52. The number of likely N-dealkylation sites (tertiary alicyclic amines) is 1. The highest BCUT2D eigenvalue weighted by Gasteiger charge is 2.34. The number of rotatable bonds is 7. The second-order valence-electron chi connectivity index (χ2n) is 9.28. The summed E-state index contributed by atoms with van der Waals surface area (Å²) < 4.78 is 32.2. The number of aryl methyl sites for hydroxylation is 1. The van der Waals surface area contributed by atoms with E-state index in [-0.39, 0.29) is 22.9 Å². The number of ether oxygens (including phenoxy) is 1. The number of β-amino-alcohol motifs (C(OH)–C–C–N with tert-alkyl or cyclic N) is 1. The minimum Gasteiger partial charge on any atom is -0.480 e. The van der Waals surface area contributed by atoms with Gasteiger partial charge >= 0.3 is 0 Å². The molecule has 1 amide bonds. The summed E-state index contributed by atoms with van der Waals surface area (Å²) in [4.78, 5) is 17.7. The highest BCUT2D eigenvalue weighted by molar-refractivity contribution is 7.89. The SMILES string of the molecule is CN(C(=O)C1CCc2cc(S(=O)(=O)N(C)C)ccc2O1)[C@H](CN1CC[C@H](O)C1)c1ccccc1.